The highest BCUT2D eigenvalue weighted by molar-refractivity contribution is 7.99. The minimum atomic E-state index is -0.0505. The van der Waals surface area contributed by atoms with Crippen LogP contribution in [0.25, 0.3) is 10.8 Å². The second kappa shape index (κ2) is 7.05. The van der Waals surface area contributed by atoms with Gasteiger partial charge in [-0.1, -0.05) is 62.0 Å². The molecule has 1 N–H and O–H groups in total. The van der Waals surface area contributed by atoms with Crippen LogP contribution < -0.4 is 5.32 Å². The van der Waals surface area contributed by atoms with Crippen LogP contribution in [0, 0.1) is 0 Å². The summed E-state index contributed by atoms with van der Waals surface area (Å²) < 4.78 is 1.94. The number of anilines is 1. The van der Waals surface area contributed by atoms with Crippen LogP contribution in [0.5, 0.6) is 0 Å². The van der Waals surface area contributed by atoms with Gasteiger partial charge in [0.05, 0.1) is 5.75 Å². The molecule has 0 radical (unpaired) electrons. The first-order chi connectivity index (χ1) is 11.6. The largest absolute Gasteiger partial charge is 0.325 e. The zero-order valence-corrected chi connectivity index (χ0v) is 14.8. The van der Waals surface area contributed by atoms with Crippen molar-refractivity contribution >= 4 is 34.1 Å². The van der Waals surface area contributed by atoms with Crippen LogP contribution in [-0.2, 0) is 11.8 Å². The first-order valence-electron chi connectivity index (χ1n) is 7.86. The molecule has 0 bridgehead atoms. The van der Waals surface area contributed by atoms with Crippen molar-refractivity contribution < 1.29 is 4.79 Å². The molecule has 0 aliphatic heterocycles. The van der Waals surface area contributed by atoms with Crippen LogP contribution >= 0.6 is 11.8 Å². The Morgan fingerprint density at radius 1 is 1.17 bits per heavy atom. The van der Waals surface area contributed by atoms with E-state index >= 15 is 0 Å². The van der Waals surface area contributed by atoms with Crippen molar-refractivity contribution in [1.82, 2.24) is 14.8 Å². The number of carbonyl (C=O) groups excluding carboxylic acids is 1. The summed E-state index contributed by atoms with van der Waals surface area (Å²) in [4.78, 5) is 12.3. The van der Waals surface area contributed by atoms with E-state index in [1.165, 1.54) is 11.8 Å². The van der Waals surface area contributed by atoms with Crippen molar-refractivity contribution in [1.29, 1.82) is 0 Å². The van der Waals surface area contributed by atoms with Crippen LogP contribution in [0.1, 0.15) is 25.6 Å². The normalized spacial score (nSPS) is 11.2. The van der Waals surface area contributed by atoms with Gasteiger partial charge < -0.3 is 9.88 Å². The lowest BCUT2D eigenvalue weighted by atomic mass is 10.1. The lowest BCUT2D eigenvalue weighted by Crippen LogP contribution is -2.14. The van der Waals surface area contributed by atoms with Crippen molar-refractivity contribution in [3.63, 3.8) is 0 Å². The average molecular weight is 340 g/mol. The molecule has 1 aromatic heterocycles. The lowest BCUT2D eigenvalue weighted by molar-refractivity contribution is -0.113. The van der Waals surface area contributed by atoms with E-state index in [1.54, 1.807) is 0 Å². The Kier molecular flexibility index (Phi) is 4.85. The summed E-state index contributed by atoms with van der Waals surface area (Å²) in [6.07, 6.45) is 0. The van der Waals surface area contributed by atoms with Crippen molar-refractivity contribution in [2.45, 2.75) is 24.9 Å². The Bertz CT molecular complexity index is 867. The Morgan fingerprint density at radius 3 is 2.67 bits per heavy atom. The van der Waals surface area contributed by atoms with Gasteiger partial charge in [0.25, 0.3) is 0 Å². The number of thioether (sulfide) groups is 1. The maximum Gasteiger partial charge on any atom is 0.234 e. The van der Waals surface area contributed by atoms with E-state index in [-0.39, 0.29) is 5.91 Å². The number of carbonyl (C=O) groups is 1. The predicted molar refractivity (Wildman–Crippen MR) is 98.4 cm³/mol. The fraction of sp³-hybridized carbons (Fsp3) is 0.278. The van der Waals surface area contributed by atoms with Crippen LogP contribution in [0.4, 0.5) is 5.69 Å². The van der Waals surface area contributed by atoms with Gasteiger partial charge in [-0.3, -0.25) is 4.79 Å². The third-order valence-electron chi connectivity index (χ3n) is 3.78. The van der Waals surface area contributed by atoms with Gasteiger partial charge in [-0.05, 0) is 11.5 Å². The standard InChI is InChI=1S/C18H20N4OS/c1-12(2)17-20-21-18(22(17)3)24-11-16(23)19-15-10-6-8-13-7-4-5-9-14(13)15/h4-10,12H,11H2,1-3H3,(H,19,23). The average Bonchev–Trinajstić information content (AvgIpc) is 2.94. The molecule has 3 aromatic rings. The number of nitrogens with one attached hydrogen (secondary N) is 1. The highest BCUT2D eigenvalue weighted by Crippen LogP contribution is 2.24. The topological polar surface area (TPSA) is 59.8 Å². The van der Waals surface area contributed by atoms with Crippen LogP contribution in [0.15, 0.2) is 47.6 Å². The van der Waals surface area contributed by atoms with E-state index in [9.17, 15) is 4.79 Å². The molecule has 0 unspecified atom stereocenters. The number of fused-ring (bicyclic) bond motifs is 1. The number of aromatic nitrogens is 3. The minimum Gasteiger partial charge on any atom is -0.325 e. The molecule has 24 heavy (non-hydrogen) atoms. The van der Waals surface area contributed by atoms with Gasteiger partial charge in [0.2, 0.25) is 5.91 Å². The van der Waals surface area contributed by atoms with Crippen LogP contribution in [0.2, 0.25) is 0 Å². The number of nitrogens with zero attached hydrogens (tertiary/aromatic N) is 3. The molecular formula is C18H20N4OS. The summed E-state index contributed by atoms with van der Waals surface area (Å²) in [7, 11) is 1.93. The molecule has 6 heteroatoms. The molecule has 3 rings (SSSR count). The lowest BCUT2D eigenvalue weighted by Gasteiger charge is -2.09. The van der Waals surface area contributed by atoms with E-state index in [0.717, 1.165) is 27.4 Å². The molecule has 2 aromatic carbocycles. The van der Waals surface area contributed by atoms with Crippen molar-refractivity contribution in [3.05, 3.63) is 48.3 Å². The molecule has 1 amide bonds. The Hall–Kier alpha value is -2.34. The maximum atomic E-state index is 12.3. The number of benzene rings is 2. The highest BCUT2D eigenvalue weighted by atomic mass is 32.2. The van der Waals surface area contributed by atoms with E-state index in [4.69, 9.17) is 0 Å². The second-order valence-corrected chi connectivity index (χ2v) is 6.86. The van der Waals surface area contributed by atoms with Gasteiger partial charge in [0.1, 0.15) is 5.82 Å². The molecule has 0 fully saturated rings. The van der Waals surface area contributed by atoms with E-state index in [1.807, 2.05) is 54.1 Å². The predicted octanol–water partition coefficient (Wildman–Crippen LogP) is 3.82. The maximum absolute atomic E-state index is 12.3. The third-order valence-corrected chi connectivity index (χ3v) is 4.80. The fourth-order valence-corrected chi connectivity index (χ4v) is 3.32. The van der Waals surface area contributed by atoms with Gasteiger partial charge >= 0.3 is 0 Å². The monoisotopic (exact) mass is 340 g/mol. The number of hydrogen-bond acceptors (Lipinski definition) is 4. The number of rotatable bonds is 5. The summed E-state index contributed by atoms with van der Waals surface area (Å²) >= 11 is 1.40. The van der Waals surface area contributed by atoms with Crippen molar-refractivity contribution in [2.75, 3.05) is 11.1 Å². The van der Waals surface area contributed by atoms with Gasteiger partial charge in [0.15, 0.2) is 5.16 Å². The molecule has 0 saturated heterocycles. The summed E-state index contributed by atoms with van der Waals surface area (Å²) in [6, 6.07) is 13.9. The van der Waals surface area contributed by atoms with E-state index in [2.05, 4.69) is 29.4 Å². The molecular weight excluding hydrogens is 320 g/mol. The Balaban J connectivity index is 1.68. The van der Waals surface area contributed by atoms with Crippen molar-refractivity contribution in [2.24, 2.45) is 7.05 Å². The molecule has 0 aliphatic rings. The first-order valence-corrected chi connectivity index (χ1v) is 8.84. The van der Waals surface area contributed by atoms with E-state index in [0.29, 0.717) is 11.7 Å². The molecule has 0 atom stereocenters. The van der Waals surface area contributed by atoms with Gasteiger partial charge in [-0.15, -0.1) is 10.2 Å². The Labute approximate surface area is 145 Å². The Morgan fingerprint density at radius 2 is 1.92 bits per heavy atom. The SMILES string of the molecule is CC(C)c1nnc(SCC(=O)Nc2cccc3ccccc23)n1C. The zero-order valence-electron chi connectivity index (χ0n) is 14.0. The van der Waals surface area contributed by atoms with Gasteiger partial charge in [-0.2, -0.15) is 0 Å². The summed E-state index contributed by atoms with van der Waals surface area (Å²) in [5.74, 6) is 1.48. The van der Waals surface area contributed by atoms with Crippen LogP contribution in [-0.4, -0.2) is 26.4 Å². The summed E-state index contributed by atoms with van der Waals surface area (Å²) in [5, 5.41) is 14.2. The van der Waals surface area contributed by atoms with Gasteiger partial charge in [-0.25, -0.2) is 0 Å². The quantitative estimate of drug-likeness (QED) is 0.717. The van der Waals surface area contributed by atoms with Crippen molar-refractivity contribution in [3.8, 4) is 0 Å². The van der Waals surface area contributed by atoms with Crippen LogP contribution in [0.3, 0.4) is 0 Å². The molecule has 0 aliphatic carbocycles. The molecule has 124 valence electrons. The third kappa shape index (κ3) is 3.43. The highest BCUT2D eigenvalue weighted by Gasteiger charge is 2.14. The fourth-order valence-electron chi connectivity index (χ4n) is 2.61. The summed E-state index contributed by atoms with van der Waals surface area (Å²) in [6.45, 7) is 4.15. The summed E-state index contributed by atoms with van der Waals surface area (Å²) in [5.41, 5.74) is 0.833. The molecule has 0 saturated carbocycles. The molecule has 5 nitrogen and oxygen atoms in total. The minimum absolute atomic E-state index is 0.0505. The number of amides is 1. The molecule has 1 heterocycles. The van der Waals surface area contributed by atoms with E-state index < -0.39 is 0 Å². The van der Waals surface area contributed by atoms with Gasteiger partial charge in [0, 0.05) is 24.0 Å². The number of hydrogen-bond donors (Lipinski definition) is 1. The zero-order chi connectivity index (χ0) is 17.1. The second-order valence-electron chi connectivity index (χ2n) is 5.92. The first kappa shape index (κ1) is 16.5. The molecule has 0 spiro atoms. The smallest absolute Gasteiger partial charge is 0.234 e.